The summed E-state index contributed by atoms with van der Waals surface area (Å²) in [5, 5.41) is 10.1. The zero-order valence-electron chi connectivity index (χ0n) is 8.23. The van der Waals surface area contributed by atoms with Crippen LogP contribution in [0.15, 0.2) is 22.9 Å². The van der Waals surface area contributed by atoms with Gasteiger partial charge in [-0.15, -0.1) is 0 Å². The van der Waals surface area contributed by atoms with Crippen LogP contribution in [-0.4, -0.2) is 16.6 Å². The van der Waals surface area contributed by atoms with Crippen molar-refractivity contribution < 1.29 is 9.52 Å². The van der Waals surface area contributed by atoms with E-state index in [4.69, 9.17) is 10.2 Å². The summed E-state index contributed by atoms with van der Waals surface area (Å²) >= 11 is 0. The number of oxazole rings is 1. The first kappa shape index (κ1) is 8.73. The van der Waals surface area contributed by atoms with E-state index in [1.54, 1.807) is 0 Å². The molecule has 0 atom stereocenters. The Morgan fingerprint density at radius 2 is 2.27 bits per heavy atom. The van der Waals surface area contributed by atoms with Crippen LogP contribution in [0.5, 0.6) is 5.75 Å². The van der Waals surface area contributed by atoms with E-state index in [1.165, 1.54) is 6.39 Å². The van der Waals surface area contributed by atoms with Gasteiger partial charge in [-0.1, -0.05) is 6.07 Å². The Balaban J connectivity index is 2.23. The fourth-order valence-corrected chi connectivity index (χ4v) is 2.08. The molecule has 1 aliphatic rings. The summed E-state index contributed by atoms with van der Waals surface area (Å²) in [7, 11) is 0. The molecule has 15 heavy (non-hydrogen) atoms. The molecule has 4 heteroatoms. The van der Waals surface area contributed by atoms with Crippen molar-refractivity contribution in [2.45, 2.75) is 18.3 Å². The lowest BCUT2D eigenvalue weighted by Crippen LogP contribution is -2.19. The number of aromatic hydroxyl groups is 1. The summed E-state index contributed by atoms with van der Waals surface area (Å²) in [4.78, 5) is 4.00. The molecular formula is C11H12N2O2. The van der Waals surface area contributed by atoms with Crippen LogP contribution in [0, 0.1) is 0 Å². The van der Waals surface area contributed by atoms with E-state index in [2.05, 4.69) is 4.98 Å². The third-order valence-corrected chi connectivity index (χ3v) is 3.29. The number of rotatable bonds is 2. The number of fused-ring (bicyclic) bond motifs is 1. The largest absolute Gasteiger partial charge is 0.505 e. The highest BCUT2D eigenvalue weighted by Crippen LogP contribution is 2.51. The molecule has 1 fully saturated rings. The van der Waals surface area contributed by atoms with Crippen LogP contribution < -0.4 is 5.73 Å². The van der Waals surface area contributed by atoms with Crippen molar-refractivity contribution in [1.29, 1.82) is 0 Å². The standard InChI is InChI=1S/C11H12N2O2/c12-5-11(3-4-11)7-1-2-8-9(10(7)14)13-6-15-8/h1-2,6,14H,3-5,12H2. The van der Waals surface area contributed by atoms with Crippen molar-refractivity contribution in [1.82, 2.24) is 4.98 Å². The molecule has 4 nitrogen and oxygen atoms in total. The molecular weight excluding hydrogens is 192 g/mol. The minimum Gasteiger partial charge on any atom is -0.505 e. The fourth-order valence-electron chi connectivity index (χ4n) is 2.08. The number of hydrogen-bond donors (Lipinski definition) is 2. The monoisotopic (exact) mass is 204 g/mol. The predicted octanol–water partition coefficient (Wildman–Crippen LogP) is 1.52. The van der Waals surface area contributed by atoms with Crippen molar-refractivity contribution in [2.24, 2.45) is 5.73 Å². The molecule has 0 amide bonds. The Morgan fingerprint density at radius 3 is 2.93 bits per heavy atom. The van der Waals surface area contributed by atoms with Crippen molar-refractivity contribution in [3.63, 3.8) is 0 Å². The first-order valence-corrected chi connectivity index (χ1v) is 5.02. The number of aromatic nitrogens is 1. The molecule has 1 heterocycles. The minimum absolute atomic E-state index is 0.0166. The van der Waals surface area contributed by atoms with E-state index in [0.29, 0.717) is 17.6 Å². The zero-order chi connectivity index (χ0) is 10.5. The van der Waals surface area contributed by atoms with Crippen LogP contribution in [0.25, 0.3) is 11.1 Å². The maximum atomic E-state index is 10.1. The third-order valence-electron chi connectivity index (χ3n) is 3.29. The maximum Gasteiger partial charge on any atom is 0.182 e. The second-order valence-corrected chi connectivity index (χ2v) is 4.15. The predicted molar refractivity (Wildman–Crippen MR) is 55.6 cm³/mol. The Morgan fingerprint density at radius 1 is 1.47 bits per heavy atom. The van der Waals surface area contributed by atoms with Crippen molar-refractivity contribution >= 4 is 11.1 Å². The van der Waals surface area contributed by atoms with Gasteiger partial charge in [0.15, 0.2) is 17.5 Å². The van der Waals surface area contributed by atoms with Gasteiger partial charge in [-0.2, -0.15) is 0 Å². The Bertz CT molecular complexity index is 514. The van der Waals surface area contributed by atoms with Gasteiger partial charge in [-0.3, -0.25) is 0 Å². The smallest absolute Gasteiger partial charge is 0.182 e. The van der Waals surface area contributed by atoms with Gasteiger partial charge in [0.25, 0.3) is 0 Å². The average Bonchev–Trinajstić information content (AvgIpc) is 2.89. The Labute approximate surface area is 86.7 Å². The molecule has 0 unspecified atom stereocenters. The van der Waals surface area contributed by atoms with E-state index >= 15 is 0 Å². The van der Waals surface area contributed by atoms with Crippen molar-refractivity contribution in [3.8, 4) is 5.75 Å². The first-order valence-electron chi connectivity index (χ1n) is 5.02. The Kier molecular flexibility index (Phi) is 1.59. The van der Waals surface area contributed by atoms with Gasteiger partial charge in [0.2, 0.25) is 0 Å². The second-order valence-electron chi connectivity index (χ2n) is 4.15. The number of phenolic OH excluding ortho intramolecular Hbond substituents is 1. The van der Waals surface area contributed by atoms with Crippen LogP contribution in [0.4, 0.5) is 0 Å². The summed E-state index contributed by atoms with van der Waals surface area (Å²) in [6.07, 6.45) is 3.43. The number of nitrogens with zero attached hydrogens (tertiary/aromatic N) is 1. The lowest BCUT2D eigenvalue weighted by Gasteiger charge is -2.14. The third kappa shape index (κ3) is 1.08. The highest BCUT2D eigenvalue weighted by Gasteiger charge is 2.45. The molecule has 78 valence electrons. The normalized spacial score (nSPS) is 18.2. The molecule has 0 bridgehead atoms. The van der Waals surface area contributed by atoms with Crippen LogP contribution in [0.3, 0.4) is 0 Å². The van der Waals surface area contributed by atoms with E-state index < -0.39 is 0 Å². The SMILES string of the molecule is NCC1(c2ccc3ocnc3c2O)CC1. The van der Waals surface area contributed by atoms with Crippen LogP contribution in [-0.2, 0) is 5.41 Å². The molecule has 2 aromatic rings. The van der Waals surface area contributed by atoms with Gasteiger partial charge in [0, 0.05) is 17.5 Å². The first-order chi connectivity index (χ1) is 7.27. The van der Waals surface area contributed by atoms with Crippen molar-refractivity contribution in [3.05, 3.63) is 24.1 Å². The lowest BCUT2D eigenvalue weighted by molar-refractivity contribution is 0.464. The summed E-state index contributed by atoms with van der Waals surface area (Å²) < 4.78 is 5.12. The molecule has 0 radical (unpaired) electrons. The molecule has 1 saturated carbocycles. The van der Waals surface area contributed by atoms with Gasteiger partial charge in [-0.25, -0.2) is 4.98 Å². The van der Waals surface area contributed by atoms with Gasteiger partial charge >= 0.3 is 0 Å². The van der Waals surface area contributed by atoms with Crippen molar-refractivity contribution in [2.75, 3.05) is 6.54 Å². The van der Waals surface area contributed by atoms with Gasteiger partial charge < -0.3 is 15.3 Å². The Hall–Kier alpha value is -1.55. The highest BCUT2D eigenvalue weighted by atomic mass is 16.3. The van der Waals surface area contributed by atoms with E-state index in [0.717, 1.165) is 18.4 Å². The van der Waals surface area contributed by atoms with Crippen LogP contribution in [0.1, 0.15) is 18.4 Å². The number of hydrogen-bond acceptors (Lipinski definition) is 4. The fraction of sp³-hybridized carbons (Fsp3) is 0.364. The highest BCUT2D eigenvalue weighted by molar-refractivity contribution is 5.81. The average molecular weight is 204 g/mol. The van der Waals surface area contributed by atoms with Gasteiger partial charge in [0.05, 0.1) is 0 Å². The molecule has 0 saturated heterocycles. The molecule has 3 rings (SSSR count). The number of benzene rings is 1. The lowest BCUT2D eigenvalue weighted by atomic mass is 9.95. The summed E-state index contributed by atoms with van der Waals surface area (Å²) in [5.41, 5.74) is 7.78. The summed E-state index contributed by atoms with van der Waals surface area (Å²) in [6, 6.07) is 3.73. The van der Waals surface area contributed by atoms with E-state index in [1.807, 2.05) is 12.1 Å². The molecule has 1 aromatic heterocycles. The molecule has 0 aliphatic heterocycles. The maximum absolute atomic E-state index is 10.1. The van der Waals surface area contributed by atoms with E-state index in [-0.39, 0.29) is 11.2 Å². The number of nitrogens with two attached hydrogens (primary N) is 1. The second kappa shape index (κ2) is 2.73. The van der Waals surface area contributed by atoms with Crippen LogP contribution in [0.2, 0.25) is 0 Å². The number of phenols is 1. The molecule has 0 spiro atoms. The molecule has 3 N–H and O–H groups in total. The van der Waals surface area contributed by atoms with Crippen LogP contribution >= 0.6 is 0 Å². The van der Waals surface area contributed by atoms with E-state index in [9.17, 15) is 5.11 Å². The quantitative estimate of drug-likeness (QED) is 0.778. The summed E-state index contributed by atoms with van der Waals surface area (Å²) in [6.45, 7) is 0.573. The van der Waals surface area contributed by atoms with Gasteiger partial charge in [-0.05, 0) is 18.9 Å². The zero-order valence-corrected chi connectivity index (χ0v) is 8.23. The topological polar surface area (TPSA) is 72.3 Å². The molecule has 1 aliphatic carbocycles. The van der Waals surface area contributed by atoms with Gasteiger partial charge in [0.1, 0.15) is 5.75 Å². The molecule has 1 aromatic carbocycles. The minimum atomic E-state index is -0.0166. The summed E-state index contributed by atoms with van der Waals surface area (Å²) in [5.74, 6) is 0.226.